The molecule has 18 aromatic carbocycles. The molecule has 0 aliphatic heterocycles. The molecule has 1 aliphatic rings. The maximum atomic E-state index is 11.8. The van der Waals surface area contributed by atoms with Crippen LogP contribution in [0.3, 0.4) is 0 Å². The molecule has 0 bridgehead atoms. The fourth-order valence-corrected chi connectivity index (χ4v) is 15.4. The van der Waals surface area contributed by atoms with Gasteiger partial charge in [-0.1, -0.05) is 447 Å². The van der Waals surface area contributed by atoms with Gasteiger partial charge in [0.25, 0.3) is 0 Å². The summed E-state index contributed by atoms with van der Waals surface area (Å²) in [5.74, 6) is 1.38. The maximum absolute atomic E-state index is 11.8. The van der Waals surface area contributed by atoms with Crippen LogP contribution >= 0.6 is 0 Å². The topological polar surface area (TPSA) is 84.1 Å². The van der Waals surface area contributed by atoms with E-state index >= 15 is 0 Å². The molecular formula is C139H156O5. The van der Waals surface area contributed by atoms with Crippen LogP contribution in [0, 0.1) is 179 Å². The van der Waals surface area contributed by atoms with Crippen molar-refractivity contribution in [3.63, 3.8) is 0 Å². The van der Waals surface area contributed by atoms with Crippen LogP contribution in [0.15, 0.2) is 394 Å². The van der Waals surface area contributed by atoms with Crippen LogP contribution in [0.2, 0.25) is 0 Å². The van der Waals surface area contributed by atoms with Crippen molar-refractivity contribution in [1.29, 1.82) is 0 Å². The average Bonchev–Trinajstić information content (AvgIpc) is 0.840. The fourth-order valence-electron chi connectivity index (χ4n) is 15.4. The highest BCUT2D eigenvalue weighted by molar-refractivity contribution is 5.92. The van der Waals surface area contributed by atoms with Gasteiger partial charge in [-0.3, -0.25) is 0 Å². The molecule has 18 aromatic rings. The molecule has 2 N–H and O–H groups in total. The van der Waals surface area contributed by atoms with Crippen molar-refractivity contribution in [3.05, 3.63) is 567 Å². The second kappa shape index (κ2) is 58.5. The number of hydrogen-bond acceptors (Lipinski definition) is 4. The zero-order valence-electron chi connectivity index (χ0n) is 90.6. The lowest BCUT2D eigenvalue weighted by Gasteiger charge is -2.21. The Morgan fingerprint density at radius 3 is 0.715 bits per heavy atom. The Morgan fingerprint density at radius 2 is 0.431 bits per heavy atom. The molecule has 0 fully saturated rings. The highest BCUT2D eigenvalue weighted by Crippen LogP contribution is 2.29. The van der Waals surface area contributed by atoms with Gasteiger partial charge in [-0.15, -0.1) is 0 Å². The minimum Gasteiger partial charge on any atom is -0.423 e. The third-order valence-electron chi connectivity index (χ3n) is 25.4. The Hall–Kier alpha value is -14.9. The van der Waals surface area contributed by atoms with E-state index in [9.17, 15) is 9.59 Å². The molecule has 0 saturated carbocycles. The zero-order chi connectivity index (χ0) is 104. The number of fused-ring (bicyclic) bond motifs is 2. The molecule has 0 radical (unpaired) electrons. The normalized spacial score (nSPS) is 11.0. The summed E-state index contributed by atoms with van der Waals surface area (Å²) in [6.07, 6.45) is 4.98. The van der Waals surface area contributed by atoms with Gasteiger partial charge >= 0.3 is 11.9 Å². The third kappa shape index (κ3) is 40.6. The SMILES string of the molecule is Cc1ccc(-c2ccc(C)c(C)c2)cc1.Cc1ccc(-c2ccc(C)c(C)c2)cc1.Cc1ccc(-c2ccc(C)cc2)cc1.Cc1ccc(C)c(C)c1.Cc1ccc(C)c(C)c1.Cc1ccc(C)cc1.Cc1ccc(Cc2ccc(C)cc2)cc1.Cc1ccc(OC(=O)c2ccc(C)cc2)cc1.Cc1ccc(OC(=O)c2ccc(C)cc2)cc1.Cc1ccc2c(c1)CCC(C)C2.Cc1ccc2cc(C)ccc2c1.O.[HH]. The molecular weight excluding hydrogens is 1750 g/mol. The number of carbonyl (C=O) groups excluding carboxylic acids is 2. The largest absolute Gasteiger partial charge is 0.423 e. The van der Waals surface area contributed by atoms with E-state index in [1.807, 2.05) is 76.2 Å². The number of esters is 2. The Balaban J connectivity index is 0.000000217. The van der Waals surface area contributed by atoms with Gasteiger partial charge in [0.15, 0.2) is 0 Å². The first-order valence-corrected chi connectivity index (χ1v) is 50.2. The first kappa shape index (κ1) is 114. The lowest BCUT2D eigenvalue weighted by atomic mass is 9.84. The van der Waals surface area contributed by atoms with Crippen LogP contribution in [-0.2, 0) is 19.3 Å². The smallest absolute Gasteiger partial charge is 0.343 e. The second-order valence-electron chi connectivity index (χ2n) is 39.2. The van der Waals surface area contributed by atoms with Crippen LogP contribution in [0.1, 0.15) is 197 Å². The molecule has 1 unspecified atom stereocenters. The van der Waals surface area contributed by atoms with Crippen molar-refractivity contribution in [2.24, 2.45) is 5.92 Å². The van der Waals surface area contributed by atoms with Crippen molar-refractivity contribution >= 4 is 22.7 Å². The monoisotopic (exact) mass is 1910 g/mol. The van der Waals surface area contributed by atoms with E-state index in [0.29, 0.717) is 22.6 Å². The minimum atomic E-state index is -0.325. The number of hydrogen-bond donors (Lipinski definition) is 0. The van der Waals surface area contributed by atoms with Gasteiger partial charge in [0.1, 0.15) is 11.5 Å². The molecule has 0 heterocycles. The summed E-state index contributed by atoms with van der Waals surface area (Å²) in [7, 11) is 0. The van der Waals surface area contributed by atoms with E-state index in [4.69, 9.17) is 9.47 Å². The van der Waals surface area contributed by atoms with Gasteiger partial charge < -0.3 is 14.9 Å². The molecule has 1 atom stereocenters. The summed E-state index contributed by atoms with van der Waals surface area (Å²) in [4.78, 5) is 23.6. The van der Waals surface area contributed by atoms with Gasteiger partial charge in [0.05, 0.1) is 11.1 Å². The standard InChI is InChI=1S/2C15H14O2.3C15H16.C14H14.C12H16.C12H12.2C9H12.C8H10.H2O.H2/c2*1-11-3-7-13(8-4-11)15(16)17-14-9-5-12(2)6-10-14;2*1-11-4-7-14(8-5-11)15-9-6-12(2)13(3)10-15;1-12-3-7-14(8-4-12)11-15-9-5-13(2)6-10-15;1-11-3-7-13(8-4-11)14-9-5-12(2)6-10-14;2*1-9-3-5-12-8-10(2)4-6-11(12)7-9;2*1-7-4-5-8(2)9(3)6-7;1-7-3-5-8(2)6-4-7;;/h2*3-10H,1-2H3;2*4-10H,1-3H3;3-10H,11H2,1-2H3;3-10H,1-2H3;3,5,7,10H,4,6,8H2,1-2H3;3-8H,1-2H3;2*4-6H,1-3H3;3-6H,1-2H3;1H2;1H. The van der Waals surface area contributed by atoms with E-state index in [2.05, 4.69) is 450 Å². The maximum Gasteiger partial charge on any atom is 0.343 e. The summed E-state index contributed by atoms with van der Waals surface area (Å²) < 4.78 is 10.5. The van der Waals surface area contributed by atoms with Crippen molar-refractivity contribution in [2.45, 2.75) is 206 Å². The van der Waals surface area contributed by atoms with Crippen molar-refractivity contribution < 1.29 is 26.0 Å². The van der Waals surface area contributed by atoms with E-state index in [0.717, 1.165) is 34.6 Å². The summed E-state index contributed by atoms with van der Waals surface area (Å²) >= 11 is 0. The van der Waals surface area contributed by atoms with Crippen LogP contribution in [0.4, 0.5) is 0 Å². The molecule has 0 saturated heterocycles. The number of aryl methyl sites for hydroxylation is 26. The van der Waals surface area contributed by atoms with Crippen molar-refractivity contribution in [3.8, 4) is 44.9 Å². The van der Waals surface area contributed by atoms with Gasteiger partial charge in [-0.25, -0.2) is 9.59 Å². The molecule has 5 heteroatoms. The van der Waals surface area contributed by atoms with E-state index in [1.54, 1.807) is 59.7 Å². The number of carbonyl (C=O) groups is 2. The summed E-state index contributed by atoms with van der Waals surface area (Å²) in [6.45, 7) is 55.0. The molecule has 0 spiro atoms. The van der Waals surface area contributed by atoms with Crippen LogP contribution < -0.4 is 9.47 Å². The summed E-state index contributed by atoms with van der Waals surface area (Å²) in [5, 5.41) is 2.67. The van der Waals surface area contributed by atoms with Gasteiger partial charge in [0.2, 0.25) is 0 Å². The van der Waals surface area contributed by atoms with E-state index in [1.165, 1.54) is 191 Å². The van der Waals surface area contributed by atoms with Gasteiger partial charge in [-0.2, -0.15) is 0 Å². The number of benzene rings is 18. The predicted molar refractivity (Wildman–Crippen MR) is 622 cm³/mol. The molecule has 5 nitrogen and oxygen atoms in total. The Morgan fingerprint density at radius 1 is 0.215 bits per heavy atom. The first-order chi connectivity index (χ1) is 68.3. The highest BCUT2D eigenvalue weighted by Gasteiger charge is 2.15. The Labute approximate surface area is 866 Å². The average molecular weight is 1910 g/mol. The lowest BCUT2D eigenvalue weighted by molar-refractivity contribution is 0.0725. The first-order valence-electron chi connectivity index (χ1n) is 50.2. The third-order valence-corrected chi connectivity index (χ3v) is 25.4. The van der Waals surface area contributed by atoms with Crippen molar-refractivity contribution in [2.75, 3.05) is 0 Å². The quantitative estimate of drug-likeness (QED) is 0.106. The van der Waals surface area contributed by atoms with E-state index < -0.39 is 0 Å². The fraction of sp³-hybridized carbons (Fsp3) is 0.223. The van der Waals surface area contributed by atoms with Crippen LogP contribution in [0.25, 0.3) is 44.2 Å². The zero-order valence-corrected chi connectivity index (χ0v) is 90.6. The Kier molecular flexibility index (Phi) is 46.5. The summed E-state index contributed by atoms with van der Waals surface area (Å²) in [6, 6.07) is 136. The number of ether oxygens (including phenoxy) is 2. The molecule has 742 valence electrons. The Bertz CT molecular complexity index is 6580. The van der Waals surface area contributed by atoms with Crippen molar-refractivity contribution in [1.82, 2.24) is 0 Å². The van der Waals surface area contributed by atoms with Crippen LogP contribution in [0.5, 0.6) is 11.5 Å². The molecule has 1 aliphatic carbocycles. The molecule has 19 rings (SSSR count). The lowest BCUT2D eigenvalue weighted by Crippen LogP contribution is -2.10. The molecule has 0 amide bonds. The van der Waals surface area contributed by atoms with E-state index in [-0.39, 0.29) is 18.8 Å². The van der Waals surface area contributed by atoms with Gasteiger partial charge in [0, 0.05) is 1.43 Å². The molecule has 144 heavy (non-hydrogen) atoms. The number of rotatable bonds is 9. The summed E-state index contributed by atoms with van der Waals surface area (Å²) in [5.41, 5.74) is 47.6. The van der Waals surface area contributed by atoms with Crippen LogP contribution in [-0.4, -0.2) is 17.4 Å². The minimum absolute atomic E-state index is 0. The predicted octanol–water partition coefficient (Wildman–Crippen LogP) is 37.0. The highest BCUT2D eigenvalue weighted by atomic mass is 16.5. The molecule has 0 aromatic heterocycles. The van der Waals surface area contributed by atoms with Gasteiger partial charge in [-0.05, 0) is 364 Å². The second-order valence-corrected chi connectivity index (χ2v) is 39.2.